The van der Waals surface area contributed by atoms with Gasteiger partial charge in [-0.3, -0.25) is 4.90 Å². The minimum absolute atomic E-state index is 0.118. The van der Waals surface area contributed by atoms with Crippen LogP contribution >= 0.6 is 0 Å². The second-order valence-electron chi connectivity index (χ2n) is 6.76. The molecule has 0 aliphatic carbocycles. The largest absolute Gasteiger partial charge is 0.485 e. The summed E-state index contributed by atoms with van der Waals surface area (Å²) in [6, 6.07) is 17.7. The quantitative estimate of drug-likeness (QED) is 0.676. The Morgan fingerprint density at radius 2 is 1.75 bits per heavy atom. The molecule has 1 aromatic heterocycles. The van der Waals surface area contributed by atoms with E-state index in [1.54, 1.807) is 0 Å². The lowest BCUT2D eigenvalue weighted by Crippen LogP contribution is -2.44. The van der Waals surface area contributed by atoms with E-state index >= 15 is 0 Å². The Hall–Kier alpha value is -2.90. The van der Waals surface area contributed by atoms with E-state index in [0.717, 1.165) is 25.2 Å². The number of benzene rings is 2. The Bertz CT molecular complexity index is 884. The monoisotopic (exact) mass is 380 g/mol. The van der Waals surface area contributed by atoms with Crippen LogP contribution in [0.25, 0.3) is 0 Å². The van der Waals surface area contributed by atoms with Crippen molar-refractivity contribution in [2.45, 2.75) is 19.3 Å². The summed E-state index contributed by atoms with van der Waals surface area (Å²) in [6.07, 6.45) is 0. The first kappa shape index (κ1) is 18.5. The molecule has 1 aliphatic heterocycles. The Kier molecular flexibility index (Phi) is 5.84. The van der Waals surface area contributed by atoms with Crippen LogP contribution < -0.4 is 14.8 Å². The topological polar surface area (TPSA) is 72.7 Å². The van der Waals surface area contributed by atoms with Crippen LogP contribution in [0, 0.1) is 0 Å². The van der Waals surface area contributed by atoms with Crippen LogP contribution in [0.15, 0.2) is 59.1 Å². The highest BCUT2D eigenvalue weighted by atomic mass is 16.5. The highest BCUT2D eigenvalue weighted by Gasteiger charge is 2.25. The molecule has 3 aromatic rings. The zero-order chi connectivity index (χ0) is 19.2. The average molecular weight is 380 g/mol. The summed E-state index contributed by atoms with van der Waals surface area (Å²) in [5.41, 5.74) is 1.10. The van der Waals surface area contributed by atoms with Gasteiger partial charge in [0.15, 0.2) is 23.9 Å². The van der Waals surface area contributed by atoms with E-state index in [2.05, 4.69) is 27.4 Å². The van der Waals surface area contributed by atoms with E-state index in [4.69, 9.17) is 14.0 Å². The van der Waals surface area contributed by atoms with Gasteiger partial charge in [0.1, 0.15) is 6.61 Å². The van der Waals surface area contributed by atoms with Crippen LogP contribution in [0.2, 0.25) is 0 Å². The van der Waals surface area contributed by atoms with Gasteiger partial charge >= 0.3 is 0 Å². The molecule has 7 heteroatoms. The predicted molar refractivity (Wildman–Crippen MR) is 104 cm³/mol. The molecular formula is C21H24N4O3. The van der Waals surface area contributed by atoms with Crippen molar-refractivity contribution >= 4 is 0 Å². The highest BCUT2D eigenvalue weighted by Crippen LogP contribution is 2.28. The summed E-state index contributed by atoms with van der Waals surface area (Å²) in [6.45, 7) is 3.42. The molecule has 0 saturated carbocycles. The number of likely N-dealkylation sites (N-methyl/N-ethyl adjacent to an activating group) is 1. The van der Waals surface area contributed by atoms with Gasteiger partial charge in [0.2, 0.25) is 0 Å². The number of aromatic nitrogens is 2. The number of piperazine rings is 1. The fraction of sp³-hybridized carbons (Fsp3) is 0.333. The van der Waals surface area contributed by atoms with Crippen LogP contribution in [-0.2, 0) is 13.2 Å². The van der Waals surface area contributed by atoms with Gasteiger partial charge < -0.3 is 19.3 Å². The molecule has 0 bridgehead atoms. The van der Waals surface area contributed by atoms with Crippen LogP contribution in [0.1, 0.15) is 23.3 Å². The maximum atomic E-state index is 5.92. The second-order valence-corrected chi connectivity index (χ2v) is 6.76. The molecule has 1 atom stereocenters. The third-order valence-electron chi connectivity index (χ3n) is 4.73. The molecule has 0 radical (unpaired) electrons. The third kappa shape index (κ3) is 4.49. The highest BCUT2D eigenvalue weighted by molar-refractivity contribution is 5.39. The van der Waals surface area contributed by atoms with Crippen molar-refractivity contribution in [2.75, 3.05) is 26.7 Å². The van der Waals surface area contributed by atoms with E-state index in [9.17, 15) is 0 Å². The van der Waals surface area contributed by atoms with Crippen molar-refractivity contribution in [3.8, 4) is 11.5 Å². The van der Waals surface area contributed by atoms with Crippen molar-refractivity contribution in [3.05, 3.63) is 71.9 Å². The maximum Gasteiger partial charge on any atom is 0.264 e. The number of hydrogen-bond donors (Lipinski definition) is 1. The number of para-hydroxylation sites is 2. The summed E-state index contributed by atoms with van der Waals surface area (Å²) in [4.78, 5) is 6.72. The smallest absolute Gasteiger partial charge is 0.264 e. The lowest BCUT2D eigenvalue weighted by molar-refractivity contribution is 0.189. The molecule has 1 N–H and O–H groups in total. The van der Waals surface area contributed by atoms with Gasteiger partial charge in [-0.2, -0.15) is 4.98 Å². The molecule has 1 fully saturated rings. The van der Waals surface area contributed by atoms with Gasteiger partial charge in [-0.1, -0.05) is 47.6 Å². The van der Waals surface area contributed by atoms with Crippen LogP contribution in [-0.4, -0.2) is 41.7 Å². The summed E-state index contributed by atoms with van der Waals surface area (Å²) in [5, 5.41) is 7.48. The van der Waals surface area contributed by atoms with E-state index < -0.39 is 0 Å². The first-order chi connectivity index (χ1) is 13.8. The molecule has 4 rings (SSSR count). The molecule has 2 heterocycles. The first-order valence-electron chi connectivity index (χ1n) is 9.41. The summed E-state index contributed by atoms with van der Waals surface area (Å²) < 4.78 is 17.2. The molecule has 0 amide bonds. The number of nitrogens with one attached hydrogen (secondary N) is 1. The van der Waals surface area contributed by atoms with E-state index in [-0.39, 0.29) is 12.6 Å². The van der Waals surface area contributed by atoms with E-state index in [1.807, 2.05) is 54.6 Å². The van der Waals surface area contributed by atoms with Gasteiger partial charge in [-0.15, -0.1) is 0 Å². The van der Waals surface area contributed by atoms with Crippen LogP contribution in [0.4, 0.5) is 0 Å². The third-order valence-corrected chi connectivity index (χ3v) is 4.73. The number of nitrogens with zero attached hydrogens (tertiary/aromatic N) is 3. The molecule has 0 spiro atoms. The average Bonchev–Trinajstić information content (AvgIpc) is 3.21. The van der Waals surface area contributed by atoms with Gasteiger partial charge in [-0.25, -0.2) is 0 Å². The summed E-state index contributed by atoms with van der Waals surface area (Å²) in [5.74, 6) is 2.46. The first-order valence-corrected chi connectivity index (χ1v) is 9.41. The molecule has 1 saturated heterocycles. The van der Waals surface area contributed by atoms with Crippen molar-refractivity contribution in [2.24, 2.45) is 0 Å². The van der Waals surface area contributed by atoms with Gasteiger partial charge in [0.05, 0.1) is 6.04 Å². The number of rotatable bonds is 7. The fourth-order valence-electron chi connectivity index (χ4n) is 3.12. The Balaban J connectivity index is 1.37. The Morgan fingerprint density at radius 3 is 2.50 bits per heavy atom. The van der Waals surface area contributed by atoms with E-state index in [0.29, 0.717) is 29.8 Å². The van der Waals surface area contributed by atoms with Crippen molar-refractivity contribution in [1.82, 2.24) is 20.4 Å². The zero-order valence-electron chi connectivity index (χ0n) is 15.9. The van der Waals surface area contributed by atoms with Crippen molar-refractivity contribution in [3.63, 3.8) is 0 Å². The lowest BCUT2D eigenvalue weighted by atomic mass is 10.2. The fourth-order valence-corrected chi connectivity index (χ4v) is 3.12. The predicted octanol–water partition coefficient (Wildman–Crippen LogP) is 2.80. The Labute approximate surface area is 164 Å². The normalized spacial score (nSPS) is 17.4. The molecule has 1 aliphatic rings. The Morgan fingerprint density at radius 1 is 1.04 bits per heavy atom. The minimum atomic E-state index is 0.118. The standard InChI is InChI=1S/C21H24N4O3/c1-25-12-11-22-13-17(25)21-23-20(28-24-21)15-27-19-10-6-5-9-18(19)26-14-16-7-3-2-4-8-16/h2-10,17,22H,11-15H2,1H3. The molecule has 1 unspecified atom stereocenters. The second kappa shape index (κ2) is 8.86. The summed E-state index contributed by atoms with van der Waals surface area (Å²) >= 11 is 0. The van der Waals surface area contributed by atoms with Gasteiger partial charge in [0.25, 0.3) is 5.89 Å². The molecule has 146 valence electrons. The van der Waals surface area contributed by atoms with Crippen LogP contribution in [0.5, 0.6) is 11.5 Å². The van der Waals surface area contributed by atoms with Gasteiger partial charge in [0, 0.05) is 19.6 Å². The molecule has 2 aromatic carbocycles. The zero-order valence-corrected chi connectivity index (χ0v) is 15.9. The van der Waals surface area contributed by atoms with E-state index in [1.165, 1.54) is 0 Å². The molecule has 28 heavy (non-hydrogen) atoms. The SMILES string of the molecule is CN1CCNCC1c1noc(COc2ccccc2OCc2ccccc2)n1. The molecular weight excluding hydrogens is 356 g/mol. The lowest BCUT2D eigenvalue weighted by Gasteiger charge is -2.30. The number of ether oxygens (including phenoxy) is 2. The summed E-state index contributed by atoms with van der Waals surface area (Å²) in [7, 11) is 2.07. The van der Waals surface area contributed by atoms with Crippen LogP contribution in [0.3, 0.4) is 0 Å². The minimum Gasteiger partial charge on any atom is -0.485 e. The molecule has 7 nitrogen and oxygen atoms in total. The van der Waals surface area contributed by atoms with Crippen molar-refractivity contribution < 1.29 is 14.0 Å². The number of hydrogen-bond acceptors (Lipinski definition) is 7. The van der Waals surface area contributed by atoms with Gasteiger partial charge in [-0.05, 0) is 24.7 Å². The maximum absolute atomic E-state index is 5.92. The van der Waals surface area contributed by atoms with Crippen molar-refractivity contribution in [1.29, 1.82) is 0 Å².